The van der Waals surface area contributed by atoms with Gasteiger partial charge in [0.25, 0.3) is 0 Å². The molecule has 1 aromatic carbocycles. The molecule has 0 radical (unpaired) electrons. The van der Waals surface area contributed by atoms with Gasteiger partial charge in [-0.05, 0) is 23.5 Å². The molecule has 0 aromatic heterocycles. The largest absolute Gasteiger partial charge is 0.319 e. The predicted octanol–water partition coefficient (Wildman–Crippen LogP) is 4.54. The molecule has 1 N–H and O–H groups in total. The molecule has 1 aromatic rings. The molecule has 20 heavy (non-hydrogen) atoms. The van der Waals surface area contributed by atoms with E-state index in [0.717, 1.165) is 11.1 Å². The maximum absolute atomic E-state index is 12.8. The summed E-state index contributed by atoms with van der Waals surface area (Å²) >= 11 is 0. The molecule has 0 aliphatic rings. The standard InChI is InChI=1S/C15H21F4N/c1-10(20-9-15(18,19)13(16)17)11-5-7-12(8-6-11)14(2,3)4/h5-8,10,13,20H,9H2,1-4H3. The van der Waals surface area contributed by atoms with E-state index in [1.54, 1.807) is 6.92 Å². The molecule has 0 aliphatic carbocycles. The van der Waals surface area contributed by atoms with Crippen LogP contribution in [-0.4, -0.2) is 18.9 Å². The molecule has 1 nitrogen and oxygen atoms in total. The van der Waals surface area contributed by atoms with Crippen molar-refractivity contribution in [1.29, 1.82) is 0 Å². The summed E-state index contributed by atoms with van der Waals surface area (Å²) in [5.74, 6) is -4.00. The maximum atomic E-state index is 12.8. The van der Waals surface area contributed by atoms with Gasteiger partial charge in [0.1, 0.15) is 0 Å². The number of rotatable bonds is 5. The number of hydrogen-bond donors (Lipinski definition) is 1. The van der Waals surface area contributed by atoms with Crippen LogP contribution >= 0.6 is 0 Å². The molecule has 0 fully saturated rings. The molecule has 1 unspecified atom stereocenters. The third-order valence-corrected chi connectivity index (χ3v) is 3.24. The van der Waals surface area contributed by atoms with Gasteiger partial charge in [0.05, 0.1) is 6.54 Å². The van der Waals surface area contributed by atoms with E-state index in [4.69, 9.17) is 0 Å². The highest BCUT2D eigenvalue weighted by Crippen LogP contribution is 2.25. The number of benzene rings is 1. The molecule has 1 rings (SSSR count). The zero-order chi connectivity index (χ0) is 15.6. The second-order valence-electron chi connectivity index (χ2n) is 6.04. The lowest BCUT2D eigenvalue weighted by molar-refractivity contribution is -0.126. The fourth-order valence-corrected chi connectivity index (χ4v) is 1.76. The third kappa shape index (κ3) is 4.47. The Hall–Kier alpha value is -1.10. The number of halogens is 4. The van der Waals surface area contributed by atoms with Crippen molar-refractivity contribution in [3.05, 3.63) is 35.4 Å². The van der Waals surface area contributed by atoms with E-state index in [2.05, 4.69) is 26.1 Å². The average Bonchev–Trinajstić information content (AvgIpc) is 2.35. The summed E-state index contributed by atoms with van der Waals surface area (Å²) in [6, 6.07) is 7.11. The summed E-state index contributed by atoms with van der Waals surface area (Å²) in [5, 5.41) is 2.45. The van der Waals surface area contributed by atoms with Gasteiger partial charge in [0.15, 0.2) is 0 Å². The van der Waals surface area contributed by atoms with Crippen LogP contribution in [0.1, 0.15) is 44.9 Å². The zero-order valence-electron chi connectivity index (χ0n) is 12.2. The molecule has 0 saturated carbocycles. The van der Waals surface area contributed by atoms with E-state index in [1.807, 2.05) is 24.3 Å². The molecule has 114 valence electrons. The topological polar surface area (TPSA) is 12.0 Å². The van der Waals surface area contributed by atoms with Gasteiger partial charge in [-0.2, -0.15) is 8.78 Å². The molecule has 0 aliphatic heterocycles. The first kappa shape index (κ1) is 17.0. The second-order valence-corrected chi connectivity index (χ2v) is 6.04. The van der Waals surface area contributed by atoms with Crippen molar-refractivity contribution >= 4 is 0 Å². The third-order valence-electron chi connectivity index (χ3n) is 3.24. The first-order chi connectivity index (χ1) is 9.04. The van der Waals surface area contributed by atoms with Crippen LogP contribution in [0.3, 0.4) is 0 Å². The molecule has 1 atom stereocenters. The molecule has 0 saturated heterocycles. The molecular weight excluding hydrogens is 270 g/mol. The van der Waals surface area contributed by atoms with E-state index in [0.29, 0.717) is 0 Å². The Bertz CT molecular complexity index is 420. The smallest absolute Gasteiger partial charge is 0.304 e. The van der Waals surface area contributed by atoms with E-state index in [-0.39, 0.29) is 5.41 Å². The Morgan fingerprint density at radius 3 is 1.95 bits per heavy atom. The molecule has 0 spiro atoms. The summed E-state index contributed by atoms with van der Waals surface area (Å²) in [7, 11) is 0. The van der Waals surface area contributed by atoms with Gasteiger partial charge in [-0.15, -0.1) is 0 Å². The lowest BCUT2D eigenvalue weighted by Gasteiger charge is -2.22. The minimum absolute atomic E-state index is 0.0118. The predicted molar refractivity (Wildman–Crippen MR) is 72.5 cm³/mol. The first-order valence-electron chi connectivity index (χ1n) is 6.54. The van der Waals surface area contributed by atoms with Gasteiger partial charge < -0.3 is 5.32 Å². The van der Waals surface area contributed by atoms with Crippen LogP contribution in [0.25, 0.3) is 0 Å². The van der Waals surface area contributed by atoms with Gasteiger partial charge in [0, 0.05) is 6.04 Å². The van der Waals surface area contributed by atoms with Crippen molar-refractivity contribution in [2.75, 3.05) is 6.54 Å². The average molecular weight is 291 g/mol. The summed E-state index contributed by atoms with van der Waals surface area (Å²) in [5.41, 5.74) is 1.94. The van der Waals surface area contributed by atoms with E-state index in [1.165, 1.54) is 0 Å². The Labute approximate surface area is 117 Å². The molecule has 0 heterocycles. The zero-order valence-corrected chi connectivity index (χ0v) is 12.2. The SMILES string of the molecule is CC(NCC(F)(F)C(F)F)c1ccc(C(C)(C)C)cc1. The van der Waals surface area contributed by atoms with Gasteiger partial charge in [-0.25, -0.2) is 8.78 Å². The Morgan fingerprint density at radius 2 is 1.55 bits per heavy atom. The fraction of sp³-hybridized carbons (Fsp3) is 0.600. The molecular formula is C15H21F4N. The van der Waals surface area contributed by atoms with Crippen molar-refractivity contribution < 1.29 is 17.6 Å². The van der Waals surface area contributed by atoms with Crippen LogP contribution < -0.4 is 5.32 Å². The summed E-state index contributed by atoms with van der Waals surface area (Å²) in [4.78, 5) is 0. The van der Waals surface area contributed by atoms with Crippen LogP contribution in [-0.2, 0) is 5.41 Å². The Kier molecular flexibility index (Phi) is 5.19. The molecule has 0 amide bonds. The lowest BCUT2D eigenvalue weighted by atomic mass is 9.86. The van der Waals surface area contributed by atoms with Crippen LogP contribution in [0.5, 0.6) is 0 Å². The van der Waals surface area contributed by atoms with Gasteiger partial charge in [0.2, 0.25) is 0 Å². The number of alkyl halides is 4. The highest BCUT2D eigenvalue weighted by molar-refractivity contribution is 5.29. The molecule has 0 bridgehead atoms. The fourth-order valence-electron chi connectivity index (χ4n) is 1.76. The van der Waals surface area contributed by atoms with Crippen molar-refractivity contribution in [2.24, 2.45) is 0 Å². The second kappa shape index (κ2) is 6.12. The lowest BCUT2D eigenvalue weighted by Crippen LogP contribution is -2.39. The molecule has 5 heteroatoms. The number of hydrogen-bond acceptors (Lipinski definition) is 1. The summed E-state index contributed by atoms with van der Waals surface area (Å²) in [6.45, 7) is 6.87. The van der Waals surface area contributed by atoms with Crippen molar-refractivity contribution in [3.8, 4) is 0 Å². The van der Waals surface area contributed by atoms with Crippen molar-refractivity contribution in [2.45, 2.75) is 51.5 Å². The highest BCUT2D eigenvalue weighted by atomic mass is 19.3. The minimum atomic E-state index is -4.00. The number of nitrogens with one attached hydrogen (secondary N) is 1. The monoisotopic (exact) mass is 291 g/mol. The maximum Gasteiger partial charge on any atom is 0.319 e. The minimum Gasteiger partial charge on any atom is -0.304 e. The summed E-state index contributed by atoms with van der Waals surface area (Å²) in [6.07, 6.45) is -3.65. The van der Waals surface area contributed by atoms with Crippen LogP contribution in [0.15, 0.2) is 24.3 Å². The van der Waals surface area contributed by atoms with Gasteiger partial charge >= 0.3 is 12.3 Å². The highest BCUT2D eigenvalue weighted by Gasteiger charge is 2.40. The van der Waals surface area contributed by atoms with Gasteiger partial charge in [-0.1, -0.05) is 45.0 Å². The van der Waals surface area contributed by atoms with Crippen LogP contribution in [0, 0.1) is 0 Å². The van der Waals surface area contributed by atoms with E-state index in [9.17, 15) is 17.6 Å². The Balaban J connectivity index is 2.67. The van der Waals surface area contributed by atoms with Crippen molar-refractivity contribution in [1.82, 2.24) is 5.32 Å². The Morgan fingerprint density at radius 1 is 1.05 bits per heavy atom. The summed E-state index contributed by atoms with van der Waals surface area (Å²) < 4.78 is 49.8. The first-order valence-corrected chi connectivity index (χ1v) is 6.54. The quantitative estimate of drug-likeness (QED) is 0.786. The van der Waals surface area contributed by atoms with Crippen LogP contribution in [0.2, 0.25) is 0 Å². The van der Waals surface area contributed by atoms with E-state index < -0.39 is 24.9 Å². The van der Waals surface area contributed by atoms with E-state index >= 15 is 0 Å². The van der Waals surface area contributed by atoms with Crippen LogP contribution in [0.4, 0.5) is 17.6 Å². The normalized spacial score (nSPS) is 14.7. The van der Waals surface area contributed by atoms with Crippen molar-refractivity contribution in [3.63, 3.8) is 0 Å². The van der Waals surface area contributed by atoms with Gasteiger partial charge in [-0.3, -0.25) is 0 Å².